The summed E-state index contributed by atoms with van der Waals surface area (Å²) >= 11 is 12.0. The number of nitrogens with zero attached hydrogens (tertiary/aromatic N) is 1. The zero-order chi connectivity index (χ0) is 12.3. The van der Waals surface area contributed by atoms with Gasteiger partial charge < -0.3 is 10.6 Å². The van der Waals surface area contributed by atoms with Gasteiger partial charge in [0.25, 0.3) is 0 Å². The van der Waals surface area contributed by atoms with Crippen LogP contribution in [0, 0.1) is 0 Å². The normalized spacial score (nSPS) is 17.6. The van der Waals surface area contributed by atoms with Crippen molar-refractivity contribution >= 4 is 34.6 Å². The molecule has 0 atom stereocenters. The van der Waals surface area contributed by atoms with Gasteiger partial charge in [0, 0.05) is 13.1 Å². The van der Waals surface area contributed by atoms with Crippen LogP contribution in [0.4, 0.5) is 11.4 Å². The molecule has 0 aliphatic carbocycles. The standard InChI is InChI=1S/C13H18Cl2N2/c14-10-8-12(16)13(9-11(10)15)17-6-4-2-1-3-5-7-17/h8-9H,1-7,16H2. The zero-order valence-corrected chi connectivity index (χ0v) is 11.4. The predicted molar refractivity (Wildman–Crippen MR) is 76.2 cm³/mol. The molecule has 0 aromatic heterocycles. The number of benzene rings is 1. The maximum Gasteiger partial charge on any atom is 0.0615 e. The van der Waals surface area contributed by atoms with Crippen LogP contribution in [0.5, 0.6) is 0 Å². The lowest BCUT2D eigenvalue weighted by molar-refractivity contribution is 0.557. The number of nitrogens with two attached hydrogens (primary N) is 1. The van der Waals surface area contributed by atoms with Crippen molar-refractivity contribution < 1.29 is 0 Å². The summed E-state index contributed by atoms with van der Waals surface area (Å²) in [5.74, 6) is 0. The number of hydrogen-bond acceptors (Lipinski definition) is 2. The van der Waals surface area contributed by atoms with Crippen LogP contribution in [-0.2, 0) is 0 Å². The van der Waals surface area contributed by atoms with E-state index in [4.69, 9.17) is 28.9 Å². The van der Waals surface area contributed by atoms with Crippen LogP contribution in [0.25, 0.3) is 0 Å². The molecule has 1 aromatic rings. The van der Waals surface area contributed by atoms with Crippen LogP contribution in [0.15, 0.2) is 12.1 Å². The molecule has 17 heavy (non-hydrogen) atoms. The molecule has 4 heteroatoms. The highest BCUT2D eigenvalue weighted by molar-refractivity contribution is 6.42. The van der Waals surface area contributed by atoms with E-state index in [1.54, 1.807) is 6.07 Å². The van der Waals surface area contributed by atoms with Crippen molar-refractivity contribution in [2.75, 3.05) is 23.7 Å². The molecular formula is C13H18Cl2N2. The van der Waals surface area contributed by atoms with Gasteiger partial charge >= 0.3 is 0 Å². The second-order valence-electron chi connectivity index (χ2n) is 4.58. The Kier molecular flexibility index (Phi) is 4.41. The van der Waals surface area contributed by atoms with Gasteiger partial charge in [0.05, 0.1) is 21.4 Å². The number of anilines is 2. The fourth-order valence-corrected chi connectivity index (χ4v) is 2.64. The number of rotatable bonds is 1. The van der Waals surface area contributed by atoms with E-state index in [1.807, 2.05) is 6.07 Å². The molecule has 1 aliphatic rings. The molecule has 0 bridgehead atoms. The molecule has 1 saturated heterocycles. The van der Waals surface area contributed by atoms with Crippen LogP contribution in [-0.4, -0.2) is 13.1 Å². The van der Waals surface area contributed by atoms with E-state index in [0.29, 0.717) is 10.0 Å². The second kappa shape index (κ2) is 5.83. The molecule has 1 aliphatic heterocycles. The molecule has 0 radical (unpaired) electrons. The molecule has 0 amide bonds. The van der Waals surface area contributed by atoms with Crippen LogP contribution in [0.3, 0.4) is 0 Å². The van der Waals surface area contributed by atoms with Gasteiger partial charge in [-0.3, -0.25) is 0 Å². The van der Waals surface area contributed by atoms with E-state index >= 15 is 0 Å². The Bertz CT molecular complexity index is 385. The number of nitrogen functional groups attached to an aromatic ring is 1. The summed E-state index contributed by atoms with van der Waals surface area (Å²) < 4.78 is 0. The summed E-state index contributed by atoms with van der Waals surface area (Å²) in [6.07, 6.45) is 6.40. The van der Waals surface area contributed by atoms with Crippen molar-refractivity contribution in [3.05, 3.63) is 22.2 Å². The Morgan fingerprint density at radius 3 is 2.06 bits per heavy atom. The van der Waals surface area contributed by atoms with Gasteiger partial charge in [0.15, 0.2) is 0 Å². The third-order valence-electron chi connectivity index (χ3n) is 3.27. The van der Waals surface area contributed by atoms with Crippen LogP contribution in [0.1, 0.15) is 32.1 Å². The Balaban J connectivity index is 2.21. The molecule has 0 saturated carbocycles. The monoisotopic (exact) mass is 272 g/mol. The molecule has 1 aromatic carbocycles. The van der Waals surface area contributed by atoms with E-state index in [2.05, 4.69) is 4.90 Å². The minimum atomic E-state index is 0.528. The fourth-order valence-electron chi connectivity index (χ4n) is 2.31. The third kappa shape index (κ3) is 3.20. The summed E-state index contributed by atoms with van der Waals surface area (Å²) in [5, 5.41) is 1.11. The van der Waals surface area contributed by atoms with Crippen molar-refractivity contribution in [1.29, 1.82) is 0 Å². The summed E-state index contributed by atoms with van der Waals surface area (Å²) in [7, 11) is 0. The molecular weight excluding hydrogens is 255 g/mol. The van der Waals surface area contributed by atoms with Crippen LogP contribution >= 0.6 is 23.2 Å². The Morgan fingerprint density at radius 1 is 0.882 bits per heavy atom. The van der Waals surface area contributed by atoms with Gasteiger partial charge in [-0.15, -0.1) is 0 Å². The minimum absolute atomic E-state index is 0.528. The molecule has 1 fully saturated rings. The quantitative estimate of drug-likeness (QED) is 0.771. The zero-order valence-electron chi connectivity index (χ0n) is 9.88. The molecule has 0 unspecified atom stereocenters. The Hall–Kier alpha value is -0.600. The highest BCUT2D eigenvalue weighted by atomic mass is 35.5. The van der Waals surface area contributed by atoms with E-state index in [-0.39, 0.29) is 0 Å². The summed E-state index contributed by atoms with van der Waals surface area (Å²) in [4.78, 5) is 2.33. The summed E-state index contributed by atoms with van der Waals surface area (Å²) in [6, 6.07) is 3.64. The summed E-state index contributed by atoms with van der Waals surface area (Å²) in [6.45, 7) is 2.12. The van der Waals surface area contributed by atoms with Gasteiger partial charge in [-0.2, -0.15) is 0 Å². The highest BCUT2D eigenvalue weighted by Gasteiger charge is 2.13. The van der Waals surface area contributed by atoms with Gasteiger partial charge in [-0.25, -0.2) is 0 Å². The lowest BCUT2D eigenvalue weighted by Gasteiger charge is -2.28. The topological polar surface area (TPSA) is 29.3 Å². The van der Waals surface area contributed by atoms with Crippen LogP contribution in [0.2, 0.25) is 10.0 Å². The predicted octanol–water partition coefficient (Wildman–Crippen LogP) is 4.35. The van der Waals surface area contributed by atoms with E-state index < -0.39 is 0 Å². The first-order valence-corrected chi connectivity index (χ1v) is 6.93. The maximum absolute atomic E-state index is 6.06. The first-order chi connectivity index (χ1) is 8.18. The highest BCUT2D eigenvalue weighted by Crippen LogP contribution is 2.33. The molecule has 2 N–H and O–H groups in total. The van der Waals surface area contributed by atoms with Crippen molar-refractivity contribution in [2.45, 2.75) is 32.1 Å². The molecule has 2 nitrogen and oxygen atoms in total. The number of hydrogen-bond donors (Lipinski definition) is 1. The van der Waals surface area contributed by atoms with Crippen molar-refractivity contribution in [1.82, 2.24) is 0 Å². The fraction of sp³-hybridized carbons (Fsp3) is 0.538. The van der Waals surface area contributed by atoms with Gasteiger partial charge in [0.1, 0.15) is 0 Å². The summed E-state index contributed by atoms with van der Waals surface area (Å²) in [5.41, 5.74) is 7.78. The smallest absolute Gasteiger partial charge is 0.0615 e. The van der Waals surface area contributed by atoms with Crippen molar-refractivity contribution in [3.63, 3.8) is 0 Å². The first kappa shape index (κ1) is 12.8. The molecule has 0 spiro atoms. The lowest BCUT2D eigenvalue weighted by atomic mass is 10.1. The lowest BCUT2D eigenvalue weighted by Crippen LogP contribution is -2.27. The molecule has 2 rings (SSSR count). The van der Waals surface area contributed by atoms with Gasteiger partial charge in [0.2, 0.25) is 0 Å². The Labute approximate surface area is 113 Å². The Morgan fingerprint density at radius 2 is 1.41 bits per heavy atom. The minimum Gasteiger partial charge on any atom is -0.397 e. The molecule has 1 heterocycles. The largest absolute Gasteiger partial charge is 0.397 e. The number of halogens is 2. The van der Waals surface area contributed by atoms with Gasteiger partial charge in [-0.05, 0) is 25.0 Å². The first-order valence-electron chi connectivity index (χ1n) is 6.18. The average molecular weight is 273 g/mol. The van der Waals surface area contributed by atoms with E-state index in [0.717, 1.165) is 24.5 Å². The van der Waals surface area contributed by atoms with Crippen LogP contribution < -0.4 is 10.6 Å². The molecule has 94 valence electrons. The SMILES string of the molecule is Nc1cc(Cl)c(Cl)cc1N1CCCCCCC1. The van der Waals surface area contributed by atoms with E-state index in [9.17, 15) is 0 Å². The third-order valence-corrected chi connectivity index (χ3v) is 3.99. The van der Waals surface area contributed by atoms with Gasteiger partial charge in [-0.1, -0.05) is 42.5 Å². The van der Waals surface area contributed by atoms with Crippen molar-refractivity contribution in [2.24, 2.45) is 0 Å². The van der Waals surface area contributed by atoms with E-state index in [1.165, 1.54) is 32.1 Å². The average Bonchev–Trinajstić information content (AvgIpc) is 2.24. The second-order valence-corrected chi connectivity index (χ2v) is 5.39. The maximum atomic E-state index is 6.06. The van der Waals surface area contributed by atoms with Crippen molar-refractivity contribution in [3.8, 4) is 0 Å².